The maximum Gasteiger partial charge on any atom is 0.232 e. The second-order valence-electron chi connectivity index (χ2n) is 18.5. The van der Waals surface area contributed by atoms with Crippen LogP contribution in [0.3, 0.4) is 0 Å². The SMILES string of the molecule is CNC(C)c1cccc(Nc2nc(-c3cc(CN(C)C)cc(Nc4ncnc(N5CCN(c6ncc(Cc7ccccc7)cn6)CC5)n4)c3)nc(N3CCN(c4ncc(Cc5ccccc5)cn4)CC3)n2)c1. The van der Waals surface area contributed by atoms with Crippen molar-refractivity contribution in [2.75, 3.05) is 104 Å². The number of benzene rings is 4. The van der Waals surface area contributed by atoms with Gasteiger partial charge in [-0.2, -0.15) is 19.9 Å². The minimum atomic E-state index is 0.169. The van der Waals surface area contributed by atoms with Gasteiger partial charge >= 0.3 is 0 Å². The molecule has 4 aromatic heterocycles. The van der Waals surface area contributed by atoms with Gasteiger partial charge in [-0.25, -0.2) is 29.9 Å². The van der Waals surface area contributed by atoms with E-state index in [0.29, 0.717) is 75.4 Å². The summed E-state index contributed by atoms with van der Waals surface area (Å²) in [6.07, 6.45) is 10.9. The van der Waals surface area contributed by atoms with Crippen LogP contribution in [0.25, 0.3) is 11.4 Å². The van der Waals surface area contributed by atoms with Crippen molar-refractivity contribution < 1.29 is 0 Å². The third kappa shape index (κ3) is 12.0. The monoisotopic (exact) mass is 961 g/mol. The Bertz CT molecular complexity index is 3020. The Morgan fingerprint density at radius 1 is 0.486 bits per heavy atom. The lowest BCUT2D eigenvalue weighted by Gasteiger charge is -2.34. The minimum Gasteiger partial charge on any atom is -0.337 e. The van der Waals surface area contributed by atoms with Crippen LogP contribution in [0.5, 0.6) is 0 Å². The van der Waals surface area contributed by atoms with Gasteiger partial charge in [-0.05, 0) is 91.8 Å². The first kappa shape index (κ1) is 47.5. The fraction of sp³-hybridized carbons (Fsp3) is 0.296. The van der Waals surface area contributed by atoms with Gasteiger partial charge < -0.3 is 40.4 Å². The summed E-state index contributed by atoms with van der Waals surface area (Å²) in [4.78, 5) is 59.2. The Labute approximate surface area is 420 Å². The van der Waals surface area contributed by atoms with E-state index in [-0.39, 0.29) is 6.04 Å². The lowest BCUT2D eigenvalue weighted by molar-refractivity contribution is 0.402. The summed E-state index contributed by atoms with van der Waals surface area (Å²) in [6.45, 7) is 8.48. The number of nitrogens with one attached hydrogen (secondary N) is 3. The molecule has 18 nitrogen and oxygen atoms in total. The Morgan fingerprint density at radius 2 is 1.03 bits per heavy atom. The van der Waals surface area contributed by atoms with Gasteiger partial charge in [0.05, 0.1) is 0 Å². The van der Waals surface area contributed by atoms with E-state index < -0.39 is 0 Å². The summed E-state index contributed by atoms with van der Waals surface area (Å²) in [6, 6.07) is 35.5. The molecule has 0 aliphatic carbocycles. The van der Waals surface area contributed by atoms with E-state index in [2.05, 4.69) is 144 Å². The van der Waals surface area contributed by atoms with Gasteiger partial charge in [0.2, 0.25) is 35.7 Å². The number of hydrogen-bond donors (Lipinski definition) is 3. The molecule has 72 heavy (non-hydrogen) atoms. The van der Waals surface area contributed by atoms with Crippen LogP contribution in [-0.2, 0) is 19.4 Å². The molecule has 4 aromatic carbocycles. The van der Waals surface area contributed by atoms with Gasteiger partial charge in [-0.15, -0.1) is 0 Å². The summed E-state index contributed by atoms with van der Waals surface area (Å²) in [5.41, 5.74) is 9.35. The lowest BCUT2D eigenvalue weighted by Crippen LogP contribution is -2.47. The van der Waals surface area contributed by atoms with Gasteiger partial charge in [0.15, 0.2) is 5.82 Å². The molecule has 0 bridgehead atoms. The maximum absolute atomic E-state index is 5.17. The van der Waals surface area contributed by atoms with Gasteiger partial charge in [-0.3, -0.25) is 0 Å². The van der Waals surface area contributed by atoms with Crippen LogP contribution in [-0.4, -0.2) is 128 Å². The molecule has 0 saturated carbocycles. The highest BCUT2D eigenvalue weighted by Crippen LogP contribution is 2.29. The second kappa shape index (κ2) is 22.2. The quantitative estimate of drug-likeness (QED) is 0.0851. The van der Waals surface area contributed by atoms with Crippen molar-refractivity contribution in [1.29, 1.82) is 0 Å². The lowest BCUT2D eigenvalue weighted by atomic mass is 10.1. The largest absolute Gasteiger partial charge is 0.337 e. The Hall–Kier alpha value is -8.22. The molecule has 2 aliphatic heterocycles. The third-order valence-electron chi connectivity index (χ3n) is 12.8. The molecule has 2 saturated heterocycles. The number of anilines is 8. The Balaban J connectivity index is 0.867. The first-order chi connectivity index (χ1) is 35.3. The summed E-state index contributed by atoms with van der Waals surface area (Å²) in [7, 11) is 6.07. The molecule has 1 atom stereocenters. The molecule has 0 spiro atoms. The first-order valence-electron chi connectivity index (χ1n) is 24.5. The smallest absolute Gasteiger partial charge is 0.232 e. The summed E-state index contributed by atoms with van der Waals surface area (Å²) >= 11 is 0. The highest BCUT2D eigenvalue weighted by Gasteiger charge is 2.25. The van der Waals surface area contributed by atoms with Crippen molar-refractivity contribution in [2.45, 2.75) is 32.4 Å². The van der Waals surface area contributed by atoms with E-state index in [1.54, 1.807) is 6.33 Å². The van der Waals surface area contributed by atoms with E-state index in [4.69, 9.17) is 39.9 Å². The fourth-order valence-electron chi connectivity index (χ4n) is 8.93. The maximum atomic E-state index is 5.17. The summed E-state index contributed by atoms with van der Waals surface area (Å²) in [5.74, 6) is 4.07. The van der Waals surface area contributed by atoms with Crippen molar-refractivity contribution >= 4 is 47.1 Å². The minimum absolute atomic E-state index is 0.169. The highest BCUT2D eigenvalue weighted by molar-refractivity contribution is 5.69. The van der Waals surface area contributed by atoms with Crippen LogP contribution in [0.2, 0.25) is 0 Å². The van der Waals surface area contributed by atoms with Crippen molar-refractivity contribution in [1.82, 2.24) is 60.1 Å². The second-order valence-corrected chi connectivity index (χ2v) is 18.5. The van der Waals surface area contributed by atoms with Gasteiger partial charge in [-0.1, -0.05) is 72.8 Å². The molecule has 3 N–H and O–H groups in total. The Kier molecular flexibility index (Phi) is 14.7. The van der Waals surface area contributed by atoms with Crippen LogP contribution in [0, 0.1) is 0 Å². The first-order valence-corrected chi connectivity index (χ1v) is 24.5. The zero-order valence-corrected chi connectivity index (χ0v) is 41.3. The number of piperazine rings is 2. The molecule has 366 valence electrons. The van der Waals surface area contributed by atoms with E-state index in [0.717, 1.165) is 77.0 Å². The third-order valence-corrected chi connectivity index (χ3v) is 12.8. The van der Waals surface area contributed by atoms with E-state index in [1.165, 1.54) is 11.1 Å². The summed E-state index contributed by atoms with van der Waals surface area (Å²) in [5, 5.41) is 10.4. The van der Waals surface area contributed by atoms with E-state index >= 15 is 0 Å². The summed E-state index contributed by atoms with van der Waals surface area (Å²) < 4.78 is 0. The average Bonchev–Trinajstić information content (AvgIpc) is 3.41. The topological polar surface area (TPSA) is 181 Å². The highest BCUT2D eigenvalue weighted by atomic mass is 15.4. The standard InChI is InChI=1S/C54H60N18/c1-38(55-2)44-16-11-17-46(30-44)62-50-64-48(65-54(67-50)72-24-20-70(21-25-72)52-58-34-43(35-59-52)27-40-14-9-6-10-15-40)45-28-41(36-68(3)4)29-47(31-45)63-49-60-37-61-53(66-49)71-22-18-69(19-23-71)51-56-32-42(33-57-51)26-39-12-7-5-8-13-39/h5-17,28-35,37-38,55H,18-27,36H2,1-4H3,(H,60,61,63,66)(H,62,64,65,67). The molecule has 18 heteroatoms. The molecule has 8 aromatic rings. The van der Waals surface area contributed by atoms with Gasteiger partial charge in [0.1, 0.15) is 6.33 Å². The number of hydrogen-bond acceptors (Lipinski definition) is 18. The van der Waals surface area contributed by atoms with Crippen molar-refractivity contribution in [3.05, 3.63) is 168 Å². The number of rotatable bonds is 17. The van der Waals surface area contributed by atoms with E-state index in [1.807, 2.05) is 62.2 Å². The molecule has 6 heterocycles. The molecule has 2 aliphatic rings. The zero-order valence-electron chi connectivity index (χ0n) is 41.3. The van der Waals surface area contributed by atoms with Crippen LogP contribution in [0.1, 0.15) is 46.3 Å². The van der Waals surface area contributed by atoms with Crippen LogP contribution in [0.15, 0.2) is 134 Å². The molecule has 0 radical (unpaired) electrons. The van der Waals surface area contributed by atoms with Crippen molar-refractivity contribution in [2.24, 2.45) is 0 Å². The zero-order chi connectivity index (χ0) is 49.2. The van der Waals surface area contributed by atoms with Crippen molar-refractivity contribution in [3.63, 3.8) is 0 Å². The number of nitrogens with zero attached hydrogens (tertiary/aromatic N) is 15. The van der Waals surface area contributed by atoms with Crippen LogP contribution >= 0.6 is 0 Å². The molecule has 2 fully saturated rings. The molecule has 0 amide bonds. The van der Waals surface area contributed by atoms with Crippen molar-refractivity contribution in [3.8, 4) is 11.4 Å². The molecular formula is C54H60N18. The van der Waals surface area contributed by atoms with Crippen LogP contribution < -0.4 is 35.6 Å². The fourth-order valence-corrected chi connectivity index (χ4v) is 8.93. The molecular weight excluding hydrogens is 901 g/mol. The van der Waals surface area contributed by atoms with E-state index in [9.17, 15) is 0 Å². The van der Waals surface area contributed by atoms with Gasteiger partial charge in [0, 0.05) is 120 Å². The normalized spacial score (nSPS) is 14.4. The van der Waals surface area contributed by atoms with Crippen LogP contribution in [0.4, 0.5) is 47.1 Å². The predicted molar refractivity (Wildman–Crippen MR) is 284 cm³/mol. The predicted octanol–water partition coefficient (Wildman–Crippen LogP) is 6.97. The number of aromatic nitrogens is 10. The average molecular weight is 961 g/mol. The Morgan fingerprint density at radius 3 is 1.60 bits per heavy atom. The molecule has 10 rings (SSSR count). The molecule has 1 unspecified atom stereocenters. The van der Waals surface area contributed by atoms with Gasteiger partial charge in [0.25, 0.3) is 0 Å².